The number of fused-ring (bicyclic) bond motifs is 4. The number of benzene rings is 8. The van der Waals surface area contributed by atoms with Crippen LogP contribution in [0.3, 0.4) is 0 Å². The molecule has 9 aromatic rings. The van der Waals surface area contributed by atoms with Gasteiger partial charge < -0.3 is 9.47 Å². The first kappa shape index (κ1) is 27.9. The predicted octanol–water partition coefficient (Wildman–Crippen LogP) is 12.7. The third kappa shape index (κ3) is 4.83. The Labute approximate surface area is 280 Å². The summed E-state index contributed by atoms with van der Waals surface area (Å²) in [6.45, 7) is 0. The zero-order chi connectivity index (χ0) is 31.9. The van der Waals surface area contributed by atoms with Crippen molar-refractivity contribution in [2.24, 2.45) is 0 Å². The number of nitrogens with zero attached hydrogens (tertiary/aromatic N) is 2. The summed E-state index contributed by atoms with van der Waals surface area (Å²) in [5.74, 6) is 0. The van der Waals surface area contributed by atoms with Gasteiger partial charge in [0.1, 0.15) is 0 Å². The zero-order valence-corrected chi connectivity index (χ0v) is 26.4. The van der Waals surface area contributed by atoms with Crippen LogP contribution in [0.2, 0.25) is 0 Å². The van der Waals surface area contributed by atoms with Crippen molar-refractivity contribution in [2.45, 2.75) is 0 Å². The molecular weight excluding hydrogens is 581 g/mol. The quantitative estimate of drug-likeness (QED) is 0.181. The van der Waals surface area contributed by atoms with E-state index in [1.165, 1.54) is 60.5 Å². The number of hydrogen-bond donors (Lipinski definition) is 0. The third-order valence-electron chi connectivity index (χ3n) is 9.36. The number of rotatable bonds is 6. The lowest BCUT2D eigenvalue weighted by Crippen LogP contribution is -2.10. The number of hydrogen-bond acceptors (Lipinski definition) is 1. The average molecular weight is 613 g/mol. The molecule has 1 aromatic heterocycles. The number of aromatic nitrogens is 1. The molecule has 0 aliphatic rings. The Hall–Kier alpha value is -6.38. The fourth-order valence-corrected chi connectivity index (χ4v) is 7.10. The molecule has 0 amide bonds. The van der Waals surface area contributed by atoms with Gasteiger partial charge in [-0.15, -0.1) is 0 Å². The van der Waals surface area contributed by atoms with Crippen molar-refractivity contribution in [2.75, 3.05) is 4.90 Å². The van der Waals surface area contributed by atoms with Crippen LogP contribution in [0.4, 0.5) is 17.1 Å². The molecular formula is C46H32N2. The van der Waals surface area contributed by atoms with Gasteiger partial charge >= 0.3 is 0 Å². The highest BCUT2D eigenvalue weighted by molar-refractivity contribution is 6.09. The SMILES string of the molecule is c1ccc(-c2cccc(N(c3ccc(-c4ccccc4-n4c5ccccc5c5ccccc54)cc3)c3ccc4ccccc4c3)c2)cc1. The Morgan fingerprint density at radius 2 is 0.917 bits per heavy atom. The Bertz CT molecular complexity index is 2510. The van der Waals surface area contributed by atoms with E-state index in [0.717, 1.165) is 17.1 Å². The van der Waals surface area contributed by atoms with Gasteiger partial charge in [0, 0.05) is 33.4 Å². The monoisotopic (exact) mass is 612 g/mol. The largest absolute Gasteiger partial charge is 0.310 e. The molecule has 0 aliphatic carbocycles. The molecule has 0 radical (unpaired) electrons. The second kappa shape index (κ2) is 11.8. The maximum absolute atomic E-state index is 2.41. The van der Waals surface area contributed by atoms with Crippen molar-refractivity contribution in [3.05, 3.63) is 194 Å². The molecule has 0 saturated heterocycles. The van der Waals surface area contributed by atoms with E-state index in [9.17, 15) is 0 Å². The van der Waals surface area contributed by atoms with Gasteiger partial charge in [0.05, 0.1) is 16.7 Å². The second-order valence-corrected chi connectivity index (χ2v) is 12.2. The van der Waals surface area contributed by atoms with Gasteiger partial charge in [0.25, 0.3) is 0 Å². The molecule has 2 nitrogen and oxygen atoms in total. The fraction of sp³-hybridized carbons (Fsp3) is 0. The van der Waals surface area contributed by atoms with Gasteiger partial charge in [0.2, 0.25) is 0 Å². The molecule has 226 valence electrons. The van der Waals surface area contributed by atoms with Crippen LogP contribution in [0.1, 0.15) is 0 Å². The van der Waals surface area contributed by atoms with Crippen LogP contribution >= 0.6 is 0 Å². The van der Waals surface area contributed by atoms with Crippen molar-refractivity contribution >= 4 is 49.6 Å². The second-order valence-electron chi connectivity index (χ2n) is 12.2. The highest BCUT2D eigenvalue weighted by Crippen LogP contribution is 2.40. The van der Waals surface area contributed by atoms with E-state index in [2.05, 4.69) is 204 Å². The first-order valence-electron chi connectivity index (χ1n) is 16.4. The average Bonchev–Trinajstić information content (AvgIpc) is 3.50. The van der Waals surface area contributed by atoms with Gasteiger partial charge in [0.15, 0.2) is 0 Å². The van der Waals surface area contributed by atoms with Gasteiger partial charge in [-0.3, -0.25) is 0 Å². The normalized spacial score (nSPS) is 11.3. The molecule has 8 aromatic carbocycles. The molecule has 9 rings (SSSR count). The lowest BCUT2D eigenvalue weighted by atomic mass is 10.0. The predicted molar refractivity (Wildman–Crippen MR) is 204 cm³/mol. The minimum atomic E-state index is 1.11. The summed E-state index contributed by atoms with van der Waals surface area (Å²) in [6.07, 6.45) is 0. The highest BCUT2D eigenvalue weighted by Gasteiger charge is 2.17. The van der Waals surface area contributed by atoms with Crippen molar-refractivity contribution in [3.63, 3.8) is 0 Å². The minimum Gasteiger partial charge on any atom is -0.310 e. The zero-order valence-electron chi connectivity index (χ0n) is 26.4. The maximum Gasteiger partial charge on any atom is 0.0541 e. The first-order chi connectivity index (χ1) is 23.8. The summed E-state index contributed by atoms with van der Waals surface area (Å²) in [5, 5.41) is 4.98. The molecule has 0 N–H and O–H groups in total. The van der Waals surface area contributed by atoms with Crippen LogP contribution in [-0.2, 0) is 0 Å². The van der Waals surface area contributed by atoms with Crippen LogP contribution in [0.25, 0.3) is 60.5 Å². The Kier molecular flexibility index (Phi) is 6.84. The maximum atomic E-state index is 2.41. The summed E-state index contributed by atoms with van der Waals surface area (Å²) >= 11 is 0. The number of para-hydroxylation sites is 3. The van der Waals surface area contributed by atoms with Crippen molar-refractivity contribution in [1.82, 2.24) is 4.57 Å². The van der Waals surface area contributed by atoms with Crippen molar-refractivity contribution in [1.29, 1.82) is 0 Å². The van der Waals surface area contributed by atoms with Gasteiger partial charge in [-0.25, -0.2) is 0 Å². The van der Waals surface area contributed by atoms with Crippen LogP contribution in [-0.4, -0.2) is 4.57 Å². The molecule has 0 fully saturated rings. The van der Waals surface area contributed by atoms with Crippen LogP contribution in [0.5, 0.6) is 0 Å². The fourth-order valence-electron chi connectivity index (χ4n) is 7.10. The Balaban J connectivity index is 1.18. The lowest BCUT2D eigenvalue weighted by Gasteiger charge is -2.27. The molecule has 0 aliphatic heterocycles. The summed E-state index contributed by atoms with van der Waals surface area (Å²) < 4.78 is 2.41. The van der Waals surface area contributed by atoms with Crippen molar-refractivity contribution < 1.29 is 0 Å². The summed E-state index contributed by atoms with van der Waals surface area (Å²) in [5.41, 5.74) is 11.7. The molecule has 0 atom stereocenters. The van der Waals surface area contributed by atoms with E-state index in [1.54, 1.807) is 0 Å². The van der Waals surface area contributed by atoms with E-state index >= 15 is 0 Å². The van der Waals surface area contributed by atoms with E-state index in [-0.39, 0.29) is 0 Å². The third-order valence-corrected chi connectivity index (χ3v) is 9.36. The van der Waals surface area contributed by atoms with E-state index in [4.69, 9.17) is 0 Å². The van der Waals surface area contributed by atoms with E-state index < -0.39 is 0 Å². The standard InChI is InChI=1S/C46H32N2/c1-2-13-33(14-3-1)37-17-12-18-39(31-37)47(40-30-25-34-15-4-5-16-36(34)32-40)38-28-26-35(27-29-38)41-19-6-9-22-44(41)48-45-23-10-7-20-42(45)43-21-8-11-24-46(43)48/h1-32H. The molecule has 1 heterocycles. The molecule has 0 bridgehead atoms. The van der Waals surface area contributed by atoms with Crippen molar-refractivity contribution in [3.8, 4) is 27.9 Å². The highest BCUT2D eigenvalue weighted by atomic mass is 15.1. The van der Waals surface area contributed by atoms with Gasteiger partial charge in [-0.05, 0) is 82.1 Å². The van der Waals surface area contributed by atoms with E-state index in [1.807, 2.05) is 0 Å². The lowest BCUT2D eigenvalue weighted by molar-refractivity contribution is 1.18. The first-order valence-corrected chi connectivity index (χ1v) is 16.4. The molecule has 0 unspecified atom stereocenters. The minimum absolute atomic E-state index is 1.11. The molecule has 0 saturated carbocycles. The summed E-state index contributed by atoms with van der Waals surface area (Å²) in [6, 6.07) is 69.9. The van der Waals surface area contributed by atoms with Gasteiger partial charge in [-0.1, -0.05) is 140 Å². The summed E-state index contributed by atoms with van der Waals surface area (Å²) in [7, 11) is 0. The molecule has 2 heteroatoms. The van der Waals surface area contributed by atoms with Crippen LogP contribution in [0.15, 0.2) is 194 Å². The van der Waals surface area contributed by atoms with Crippen LogP contribution in [0, 0.1) is 0 Å². The van der Waals surface area contributed by atoms with Gasteiger partial charge in [-0.2, -0.15) is 0 Å². The Morgan fingerprint density at radius 3 is 1.69 bits per heavy atom. The molecule has 48 heavy (non-hydrogen) atoms. The Morgan fingerprint density at radius 1 is 0.333 bits per heavy atom. The van der Waals surface area contributed by atoms with Crippen LogP contribution < -0.4 is 4.90 Å². The number of anilines is 3. The van der Waals surface area contributed by atoms with E-state index in [0.29, 0.717) is 0 Å². The summed E-state index contributed by atoms with van der Waals surface area (Å²) in [4.78, 5) is 2.36. The topological polar surface area (TPSA) is 8.17 Å². The molecule has 0 spiro atoms. The smallest absolute Gasteiger partial charge is 0.0541 e.